The molecule has 0 unspecified atom stereocenters. The fourth-order valence-electron chi connectivity index (χ4n) is 1.61. The Labute approximate surface area is 109 Å². The van der Waals surface area contributed by atoms with Crippen molar-refractivity contribution in [3.05, 3.63) is 42.0 Å². The van der Waals surface area contributed by atoms with Crippen molar-refractivity contribution in [3.8, 4) is 6.07 Å². The average Bonchev–Trinajstić information content (AvgIpc) is 2.46. The molecule has 1 aromatic rings. The van der Waals surface area contributed by atoms with Crippen LogP contribution in [0.25, 0.3) is 6.08 Å². The van der Waals surface area contributed by atoms with Crippen LogP contribution in [-0.4, -0.2) is 33.2 Å². The minimum absolute atomic E-state index is 0.00367. The summed E-state index contributed by atoms with van der Waals surface area (Å²) in [5, 5.41) is 8.75. The van der Waals surface area contributed by atoms with Gasteiger partial charge in [-0.2, -0.15) is 5.26 Å². The molecule has 19 heavy (non-hydrogen) atoms. The Hall–Kier alpha value is -2.81. The molecule has 2 amide bonds. The summed E-state index contributed by atoms with van der Waals surface area (Å²) in [7, 11) is 0. The summed E-state index contributed by atoms with van der Waals surface area (Å²) in [5.41, 5.74) is 0.00367. The SMILES string of the molecule is N#CC1=CCCN(C(=O)C=Cc2ncccn2)C1=O. The number of nitrogens with zero attached hydrogens (tertiary/aromatic N) is 4. The second-order valence-corrected chi connectivity index (χ2v) is 3.75. The first-order chi connectivity index (χ1) is 9.22. The van der Waals surface area contributed by atoms with Crippen molar-refractivity contribution >= 4 is 17.9 Å². The lowest BCUT2D eigenvalue weighted by atomic mass is 10.1. The van der Waals surface area contributed by atoms with Crippen LogP contribution in [0.2, 0.25) is 0 Å². The minimum atomic E-state index is -0.558. The van der Waals surface area contributed by atoms with Crippen molar-refractivity contribution in [1.29, 1.82) is 5.26 Å². The molecule has 0 spiro atoms. The fourth-order valence-corrected chi connectivity index (χ4v) is 1.61. The number of hydrogen-bond acceptors (Lipinski definition) is 5. The van der Waals surface area contributed by atoms with Crippen molar-refractivity contribution in [3.63, 3.8) is 0 Å². The molecular weight excluding hydrogens is 244 g/mol. The van der Waals surface area contributed by atoms with Crippen molar-refractivity contribution in [1.82, 2.24) is 14.9 Å². The van der Waals surface area contributed by atoms with Crippen molar-refractivity contribution in [2.24, 2.45) is 0 Å². The van der Waals surface area contributed by atoms with Gasteiger partial charge in [0.25, 0.3) is 11.8 Å². The number of carbonyl (C=O) groups is 2. The monoisotopic (exact) mass is 254 g/mol. The van der Waals surface area contributed by atoms with Gasteiger partial charge in [0.05, 0.1) is 0 Å². The van der Waals surface area contributed by atoms with E-state index in [9.17, 15) is 9.59 Å². The van der Waals surface area contributed by atoms with Crippen LogP contribution in [0.5, 0.6) is 0 Å². The smallest absolute Gasteiger partial charge is 0.271 e. The number of amides is 2. The molecule has 0 saturated carbocycles. The Morgan fingerprint density at radius 1 is 1.42 bits per heavy atom. The summed E-state index contributed by atoms with van der Waals surface area (Å²) in [6.07, 6.45) is 7.80. The van der Waals surface area contributed by atoms with Gasteiger partial charge in [-0.25, -0.2) is 9.97 Å². The quantitative estimate of drug-likeness (QED) is 0.725. The molecule has 6 heteroatoms. The third-order valence-corrected chi connectivity index (χ3v) is 2.52. The zero-order valence-electron chi connectivity index (χ0n) is 9.98. The molecule has 0 atom stereocenters. The number of carbonyl (C=O) groups excluding carboxylic acids is 2. The van der Waals surface area contributed by atoms with E-state index in [4.69, 9.17) is 5.26 Å². The van der Waals surface area contributed by atoms with Crippen LogP contribution in [0.15, 0.2) is 36.2 Å². The first-order valence-electron chi connectivity index (χ1n) is 5.63. The molecule has 2 heterocycles. The van der Waals surface area contributed by atoms with Gasteiger partial charge in [-0.15, -0.1) is 0 Å². The Kier molecular flexibility index (Phi) is 3.78. The lowest BCUT2D eigenvalue weighted by Gasteiger charge is -2.21. The van der Waals surface area contributed by atoms with Crippen LogP contribution in [0.4, 0.5) is 0 Å². The van der Waals surface area contributed by atoms with Crippen molar-refractivity contribution in [2.75, 3.05) is 6.54 Å². The molecule has 0 fully saturated rings. The molecule has 0 aliphatic carbocycles. The van der Waals surface area contributed by atoms with E-state index in [-0.39, 0.29) is 12.1 Å². The summed E-state index contributed by atoms with van der Waals surface area (Å²) in [5.74, 6) is -0.646. The van der Waals surface area contributed by atoms with Gasteiger partial charge in [0.15, 0.2) is 5.82 Å². The minimum Gasteiger partial charge on any atom is -0.274 e. The molecule has 94 valence electrons. The number of aromatic nitrogens is 2. The van der Waals surface area contributed by atoms with E-state index in [1.54, 1.807) is 24.5 Å². The highest BCUT2D eigenvalue weighted by Gasteiger charge is 2.25. The van der Waals surface area contributed by atoms with Gasteiger partial charge in [0.2, 0.25) is 0 Å². The third-order valence-electron chi connectivity index (χ3n) is 2.52. The zero-order chi connectivity index (χ0) is 13.7. The predicted molar refractivity (Wildman–Crippen MR) is 66.1 cm³/mol. The van der Waals surface area contributed by atoms with E-state index in [2.05, 4.69) is 9.97 Å². The van der Waals surface area contributed by atoms with E-state index in [0.29, 0.717) is 12.2 Å². The highest BCUT2D eigenvalue weighted by Crippen LogP contribution is 2.11. The highest BCUT2D eigenvalue weighted by molar-refractivity contribution is 6.10. The van der Waals surface area contributed by atoms with E-state index < -0.39 is 11.8 Å². The topological polar surface area (TPSA) is 86.9 Å². The maximum atomic E-state index is 11.9. The van der Waals surface area contributed by atoms with E-state index in [1.165, 1.54) is 18.2 Å². The molecule has 1 aliphatic heterocycles. The van der Waals surface area contributed by atoms with Crippen molar-refractivity contribution in [2.45, 2.75) is 6.42 Å². The number of rotatable bonds is 2. The second-order valence-electron chi connectivity index (χ2n) is 3.75. The summed E-state index contributed by atoms with van der Waals surface area (Å²) in [4.78, 5) is 32.5. The van der Waals surface area contributed by atoms with Gasteiger partial charge >= 0.3 is 0 Å². The molecule has 0 radical (unpaired) electrons. The Morgan fingerprint density at radius 3 is 2.84 bits per heavy atom. The summed E-state index contributed by atoms with van der Waals surface area (Å²) in [6, 6.07) is 3.45. The molecule has 6 nitrogen and oxygen atoms in total. The molecule has 0 aromatic carbocycles. The molecule has 0 bridgehead atoms. The van der Waals surface area contributed by atoms with Crippen molar-refractivity contribution < 1.29 is 9.59 Å². The normalized spacial score (nSPS) is 15.2. The van der Waals surface area contributed by atoms with Gasteiger partial charge in [-0.1, -0.05) is 6.08 Å². The van der Waals surface area contributed by atoms with Gasteiger partial charge in [-0.05, 0) is 18.6 Å². The molecule has 1 aliphatic rings. The van der Waals surface area contributed by atoms with Gasteiger partial charge < -0.3 is 0 Å². The molecule has 2 rings (SSSR count). The standard InChI is InChI=1S/C13H10N4O2/c14-9-10-3-1-8-17(13(10)19)12(18)5-4-11-15-6-2-7-16-11/h2-7H,1,8H2. The molecular formula is C13H10N4O2. The van der Waals surface area contributed by atoms with Crippen LogP contribution in [0, 0.1) is 11.3 Å². The summed E-state index contributed by atoms with van der Waals surface area (Å²) in [6.45, 7) is 0.281. The number of imide groups is 1. The third kappa shape index (κ3) is 2.90. The van der Waals surface area contributed by atoms with Crippen LogP contribution in [0.3, 0.4) is 0 Å². The fraction of sp³-hybridized carbons (Fsp3) is 0.154. The Balaban J connectivity index is 2.10. The summed E-state index contributed by atoms with van der Waals surface area (Å²) < 4.78 is 0. The molecule has 1 aromatic heterocycles. The number of nitriles is 1. The zero-order valence-corrected chi connectivity index (χ0v) is 9.98. The Morgan fingerprint density at radius 2 is 2.16 bits per heavy atom. The van der Waals surface area contributed by atoms with Gasteiger partial charge in [-0.3, -0.25) is 14.5 Å². The largest absolute Gasteiger partial charge is 0.274 e. The van der Waals surface area contributed by atoms with E-state index in [1.807, 2.05) is 0 Å². The predicted octanol–water partition coefficient (Wildman–Crippen LogP) is 0.699. The van der Waals surface area contributed by atoms with Gasteiger partial charge in [0, 0.05) is 25.0 Å². The highest BCUT2D eigenvalue weighted by atomic mass is 16.2. The first kappa shape index (κ1) is 12.6. The van der Waals surface area contributed by atoms with Crippen LogP contribution in [0.1, 0.15) is 12.2 Å². The maximum Gasteiger partial charge on any atom is 0.271 e. The molecule has 0 saturated heterocycles. The van der Waals surface area contributed by atoms with Crippen LogP contribution < -0.4 is 0 Å². The van der Waals surface area contributed by atoms with E-state index in [0.717, 1.165) is 4.90 Å². The van der Waals surface area contributed by atoms with E-state index >= 15 is 0 Å². The maximum absolute atomic E-state index is 11.9. The Bertz CT molecular complexity index is 599. The lowest BCUT2D eigenvalue weighted by molar-refractivity contribution is -0.139. The van der Waals surface area contributed by atoms with Gasteiger partial charge in [0.1, 0.15) is 11.6 Å². The number of hydrogen-bond donors (Lipinski definition) is 0. The molecule has 0 N–H and O–H groups in total. The lowest BCUT2D eigenvalue weighted by Crippen LogP contribution is -2.39. The van der Waals surface area contributed by atoms with Crippen LogP contribution >= 0.6 is 0 Å². The first-order valence-corrected chi connectivity index (χ1v) is 5.63. The summed E-state index contributed by atoms with van der Waals surface area (Å²) >= 11 is 0. The average molecular weight is 254 g/mol. The van der Waals surface area contributed by atoms with Crippen LogP contribution in [-0.2, 0) is 9.59 Å². The second kappa shape index (κ2) is 5.69.